The molecule has 2 aromatic rings. The first-order valence-electron chi connectivity index (χ1n) is 4.80. The third kappa shape index (κ3) is 4.58. The molecule has 0 unspecified atom stereocenters. The van der Waals surface area contributed by atoms with E-state index in [1.807, 2.05) is 0 Å². The second-order valence-electron chi connectivity index (χ2n) is 3.24. The minimum atomic E-state index is -0.500. The summed E-state index contributed by atoms with van der Waals surface area (Å²) in [6, 6.07) is 18.4. The SMILES string of the molecule is O=C(C(=O)c1cc[c-]cc1)c1cc[c-]cc1.[Y].[Y]. The van der Waals surface area contributed by atoms with Gasteiger partial charge in [0.15, 0.2) is 0 Å². The Bertz CT molecular complexity index is 460. The summed E-state index contributed by atoms with van der Waals surface area (Å²) in [5.41, 5.74) is 0.771. The van der Waals surface area contributed by atoms with Gasteiger partial charge in [0.25, 0.3) is 0 Å². The van der Waals surface area contributed by atoms with Gasteiger partial charge in [-0.3, -0.25) is 9.59 Å². The van der Waals surface area contributed by atoms with E-state index in [9.17, 15) is 9.59 Å². The van der Waals surface area contributed by atoms with Gasteiger partial charge < -0.3 is 0 Å². The normalized spacial score (nSPS) is 8.67. The molecule has 2 nitrogen and oxygen atoms in total. The van der Waals surface area contributed by atoms with Gasteiger partial charge in [-0.05, 0) is 0 Å². The summed E-state index contributed by atoms with van der Waals surface area (Å²) in [6.45, 7) is 0. The predicted octanol–water partition coefficient (Wildman–Crippen LogP) is 2.35. The van der Waals surface area contributed by atoms with Crippen LogP contribution in [0.2, 0.25) is 0 Å². The van der Waals surface area contributed by atoms with Gasteiger partial charge in [-0.2, -0.15) is 60.7 Å². The fraction of sp³-hybridized carbons (Fsp3) is 0. The Morgan fingerprint density at radius 3 is 1.22 bits per heavy atom. The van der Waals surface area contributed by atoms with Crippen LogP contribution in [-0.2, 0) is 65.4 Å². The smallest absolute Gasteiger partial charge is 0.207 e. The average Bonchev–Trinajstić information content (AvgIpc) is 2.39. The molecule has 0 saturated carbocycles. The number of carbonyl (C=O) groups is 2. The summed E-state index contributed by atoms with van der Waals surface area (Å²) in [5.74, 6) is -1.000. The van der Waals surface area contributed by atoms with Crippen molar-refractivity contribution in [2.24, 2.45) is 0 Å². The summed E-state index contributed by atoms with van der Waals surface area (Å²) >= 11 is 0. The monoisotopic (exact) mass is 386 g/mol. The Balaban J connectivity index is 0.00000144. The van der Waals surface area contributed by atoms with Crippen molar-refractivity contribution in [3.05, 3.63) is 71.8 Å². The van der Waals surface area contributed by atoms with Crippen molar-refractivity contribution in [3.8, 4) is 0 Å². The number of Topliss-reactive ketones (excluding diaryl/α,β-unsaturated/α-hetero) is 2. The molecular formula is C14H8O2Y2-2. The summed E-state index contributed by atoms with van der Waals surface area (Å²) in [5, 5.41) is 0. The van der Waals surface area contributed by atoms with Gasteiger partial charge in [0.05, 0.1) is 0 Å². The Morgan fingerprint density at radius 1 is 0.667 bits per heavy atom. The van der Waals surface area contributed by atoms with Gasteiger partial charge in [-0.15, -0.1) is 0 Å². The van der Waals surface area contributed by atoms with Crippen molar-refractivity contribution < 1.29 is 75.0 Å². The number of carbonyl (C=O) groups excluding carboxylic acids is 2. The van der Waals surface area contributed by atoms with Gasteiger partial charge in [-0.1, -0.05) is 11.1 Å². The Hall–Kier alpha value is -0.0122. The largest absolute Gasteiger partial charge is 0.287 e. The minimum Gasteiger partial charge on any atom is -0.287 e. The molecule has 0 amide bonds. The van der Waals surface area contributed by atoms with Crippen LogP contribution in [0.25, 0.3) is 0 Å². The van der Waals surface area contributed by atoms with Gasteiger partial charge in [0.1, 0.15) is 0 Å². The predicted molar refractivity (Wildman–Crippen MR) is 59.2 cm³/mol. The minimum absolute atomic E-state index is 0. The number of ketones is 2. The maximum Gasteiger partial charge on any atom is 0.207 e. The van der Waals surface area contributed by atoms with E-state index in [1.165, 1.54) is 0 Å². The topological polar surface area (TPSA) is 34.1 Å². The molecule has 0 atom stereocenters. The van der Waals surface area contributed by atoms with E-state index in [0.717, 1.165) is 0 Å². The first-order chi connectivity index (χ1) is 7.79. The summed E-state index contributed by atoms with van der Waals surface area (Å²) in [4.78, 5) is 23.5. The Labute approximate surface area is 156 Å². The molecule has 0 spiro atoms. The van der Waals surface area contributed by atoms with Crippen LogP contribution < -0.4 is 0 Å². The van der Waals surface area contributed by atoms with E-state index >= 15 is 0 Å². The second-order valence-corrected chi connectivity index (χ2v) is 3.24. The summed E-state index contributed by atoms with van der Waals surface area (Å²) in [6.07, 6.45) is 0. The van der Waals surface area contributed by atoms with E-state index in [1.54, 1.807) is 48.5 Å². The molecule has 0 aliphatic rings. The van der Waals surface area contributed by atoms with Crippen molar-refractivity contribution in [1.29, 1.82) is 0 Å². The molecule has 0 aromatic heterocycles. The van der Waals surface area contributed by atoms with Crippen molar-refractivity contribution >= 4 is 11.6 Å². The van der Waals surface area contributed by atoms with Crippen molar-refractivity contribution in [3.63, 3.8) is 0 Å². The maximum absolute atomic E-state index is 11.8. The third-order valence-corrected chi connectivity index (χ3v) is 2.17. The van der Waals surface area contributed by atoms with Crippen LogP contribution in [0.5, 0.6) is 0 Å². The quantitative estimate of drug-likeness (QED) is 0.461. The van der Waals surface area contributed by atoms with Crippen molar-refractivity contribution in [2.45, 2.75) is 0 Å². The standard InChI is InChI=1S/C14H8O2.2Y/c15-13(11-7-3-1-4-8-11)14(16)12-9-5-2-6-10-12;;/h3-10H;;/q-2;;. The molecule has 0 aliphatic carbocycles. The molecule has 0 bridgehead atoms. The van der Waals surface area contributed by atoms with Crippen LogP contribution in [-0.4, -0.2) is 11.6 Å². The second kappa shape index (κ2) is 8.98. The van der Waals surface area contributed by atoms with Crippen molar-refractivity contribution in [2.75, 3.05) is 0 Å². The van der Waals surface area contributed by atoms with E-state index in [0.29, 0.717) is 11.1 Å². The number of benzene rings is 2. The number of hydrogen-bond donors (Lipinski definition) is 0. The van der Waals surface area contributed by atoms with Crippen LogP contribution >= 0.6 is 0 Å². The first-order valence-corrected chi connectivity index (χ1v) is 4.80. The third-order valence-electron chi connectivity index (χ3n) is 2.17. The molecule has 0 N–H and O–H groups in total. The Kier molecular flexibility index (Phi) is 8.98. The molecule has 84 valence electrons. The molecule has 0 aliphatic heterocycles. The van der Waals surface area contributed by atoms with Gasteiger partial charge in [0.2, 0.25) is 11.6 Å². The van der Waals surface area contributed by atoms with Crippen LogP contribution in [0.3, 0.4) is 0 Å². The van der Waals surface area contributed by atoms with E-state index in [-0.39, 0.29) is 65.4 Å². The zero-order valence-corrected chi connectivity index (χ0v) is 15.3. The van der Waals surface area contributed by atoms with Gasteiger partial charge in [0, 0.05) is 65.4 Å². The molecule has 18 heavy (non-hydrogen) atoms. The van der Waals surface area contributed by atoms with E-state index in [2.05, 4.69) is 12.1 Å². The number of hydrogen-bond acceptors (Lipinski definition) is 2. The molecule has 0 saturated heterocycles. The molecule has 4 heteroatoms. The van der Waals surface area contributed by atoms with Crippen LogP contribution in [0.15, 0.2) is 48.5 Å². The number of rotatable bonds is 3. The van der Waals surface area contributed by atoms with Crippen LogP contribution in [0, 0.1) is 12.1 Å². The van der Waals surface area contributed by atoms with E-state index in [4.69, 9.17) is 0 Å². The fourth-order valence-corrected chi connectivity index (χ4v) is 1.34. The average molecular weight is 386 g/mol. The molecular weight excluding hydrogens is 378 g/mol. The summed E-state index contributed by atoms with van der Waals surface area (Å²) in [7, 11) is 0. The van der Waals surface area contributed by atoms with Crippen LogP contribution in [0.1, 0.15) is 20.7 Å². The molecule has 0 heterocycles. The Morgan fingerprint density at radius 2 is 0.944 bits per heavy atom. The summed E-state index contributed by atoms with van der Waals surface area (Å²) < 4.78 is 0. The van der Waals surface area contributed by atoms with E-state index < -0.39 is 11.6 Å². The fourth-order valence-electron chi connectivity index (χ4n) is 1.34. The zero-order valence-electron chi connectivity index (χ0n) is 9.59. The maximum atomic E-state index is 11.8. The molecule has 0 fully saturated rings. The molecule has 2 rings (SSSR count). The molecule has 2 radical (unpaired) electrons. The first kappa shape index (κ1) is 18.0. The van der Waals surface area contributed by atoms with Crippen LogP contribution in [0.4, 0.5) is 0 Å². The van der Waals surface area contributed by atoms with Gasteiger partial charge in [-0.25, -0.2) is 0 Å². The zero-order chi connectivity index (χ0) is 11.4. The van der Waals surface area contributed by atoms with Crippen molar-refractivity contribution in [1.82, 2.24) is 0 Å². The molecule has 2 aromatic carbocycles. The van der Waals surface area contributed by atoms with Gasteiger partial charge >= 0.3 is 0 Å².